The van der Waals surface area contributed by atoms with Crippen molar-refractivity contribution < 1.29 is 13.7 Å². The highest BCUT2D eigenvalue weighted by molar-refractivity contribution is 7.84. The summed E-state index contributed by atoms with van der Waals surface area (Å²) >= 11 is 0. The predicted octanol–water partition coefficient (Wildman–Crippen LogP) is 2.18. The minimum Gasteiger partial charge on any atom is -0.493 e. The van der Waals surface area contributed by atoms with E-state index in [9.17, 15) is 4.21 Å². The van der Waals surface area contributed by atoms with Crippen LogP contribution in [0.5, 0.6) is 5.75 Å². The fraction of sp³-hybridized carbons (Fsp3) is 0.333. The van der Waals surface area contributed by atoms with Crippen LogP contribution in [-0.4, -0.2) is 39.2 Å². The second-order valence-electron chi connectivity index (χ2n) is 5.82. The number of methoxy groups -OCH3 is 1. The summed E-state index contributed by atoms with van der Waals surface area (Å²) in [5.41, 5.74) is 3.05. The summed E-state index contributed by atoms with van der Waals surface area (Å²) in [6, 6.07) is 9.25. The van der Waals surface area contributed by atoms with Gasteiger partial charge in [0.25, 0.3) is 0 Å². The van der Waals surface area contributed by atoms with Gasteiger partial charge in [-0.1, -0.05) is 12.1 Å². The number of hydrogen-bond acceptors (Lipinski definition) is 6. The molecule has 26 heavy (non-hydrogen) atoms. The lowest BCUT2D eigenvalue weighted by molar-refractivity contribution is 0.172. The second kappa shape index (κ2) is 8.29. The average molecular weight is 374 g/mol. The fourth-order valence-corrected chi connectivity index (χ4v) is 3.80. The zero-order valence-electron chi connectivity index (χ0n) is 14.8. The van der Waals surface area contributed by atoms with Gasteiger partial charge in [0.2, 0.25) is 5.16 Å². The van der Waals surface area contributed by atoms with Crippen molar-refractivity contribution in [3.63, 3.8) is 0 Å². The molecule has 0 aliphatic heterocycles. The predicted molar refractivity (Wildman–Crippen MR) is 101 cm³/mol. The van der Waals surface area contributed by atoms with Crippen LogP contribution in [0, 0.1) is 6.92 Å². The molecule has 0 aliphatic rings. The zero-order chi connectivity index (χ0) is 18.5. The molecule has 0 spiro atoms. The molecule has 0 radical (unpaired) electrons. The highest BCUT2D eigenvalue weighted by Gasteiger charge is 2.17. The molecule has 0 saturated carbocycles. The van der Waals surface area contributed by atoms with Crippen molar-refractivity contribution in [2.24, 2.45) is 0 Å². The van der Waals surface area contributed by atoms with Gasteiger partial charge in [-0.25, -0.2) is 9.66 Å². The third-order valence-corrected chi connectivity index (χ3v) is 5.27. The third-order valence-electron chi connectivity index (χ3n) is 4.04. The van der Waals surface area contributed by atoms with E-state index in [2.05, 4.69) is 9.97 Å². The molecule has 3 aromatic rings. The number of rotatable bonds is 8. The molecule has 1 atom stereocenters. The topological polar surface area (TPSA) is 92.3 Å². The molecule has 7 nitrogen and oxygen atoms in total. The third kappa shape index (κ3) is 3.86. The number of nitrogens with two attached hydrogens (primary N) is 1. The number of pyridine rings is 1. The van der Waals surface area contributed by atoms with Gasteiger partial charge in [-0.05, 0) is 25.1 Å². The largest absolute Gasteiger partial charge is 0.493 e. The first-order valence-corrected chi connectivity index (χ1v) is 9.61. The summed E-state index contributed by atoms with van der Waals surface area (Å²) in [5, 5.41) is 0.332. The molecule has 1 aromatic carbocycles. The van der Waals surface area contributed by atoms with Crippen molar-refractivity contribution in [2.45, 2.75) is 24.3 Å². The Morgan fingerprint density at radius 1 is 1.23 bits per heavy atom. The van der Waals surface area contributed by atoms with Crippen LogP contribution in [-0.2, 0) is 21.3 Å². The van der Waals surface area contributed by atoms with Gasteiger partial charge in [0.05, 0.1) is 39.9 Å². The van der Waals surface area contributed by atoms with Crippen LogP contribution >= 0.6 is 0 Å². The van der Waals surface area contributed by atoms with Crippen LogP contribution in [0.1, 0.15) is 17.7 Å². The Morgan fingerprint density at radius 2 is 2.04 bits per heavy atom. The number of nitrogens with zero attached hydrogens (tertiary/aromatic N) is 3. The van der Waals surface area contributed by atoms with Gasteiger partial charge in [0, 0.05) is 31.9 Å². The molecule has 3 rings (SSSR count). The smallest absolute Gasteiger partial charge is 0.219 e. The van der Waals surface area contributed by atoms with E-state index in [4.69, 9.17) is 15.3 Å². The first kappa shape index (κ1) is 18.3. The summed E-state index contributed by atoms with van der Waals surface area (Å²) in [7, 11) is 0.245. The molecular formula is C18H22N4O3S. The van der Waals surface area contributed by atoms with Gasteiger partial charge in [-0.3, -0.25) is 9.19 Å². The maximum Gasteiger partial charge on any atom is 0.219 e. The van der Waals surface area contributed by atoms with Crippen LogP contribution in [0.3, 0.4) is 0 Å². The van der Waals surface area contributed by atoms with E-state index in [0.29, 0.717) is 24.1 Å². The number of para-hydroxylation sites is 2. The number of ether oxygens (including phenoxy) is 2. The number of imidazole rings is 1. The minimum atomic E-state index is -1.42. The molecule has 0 saturated heterocycles. The van der Waals surface area contributed by atoms with Crippen molar-refractivity contribution in [3.8, 4) is 5.75 Å². The first-order chi connectivity index (χ1) is 12.6. The molecule has 0 amide bonds. The highest BCUT2D eigenvalue weighted by Crippen LogP contribution is 2.23. The SMILES string of the molecule is COCCCOc1ccnc(C[S@](=O)c2nc3ccccc3n2N)c1C. The maximum absolute atomic E-state index is 12.8. The standard InChI is InChI=1S/C18H22N4O3S/c1-13-15(20-9-8-17(13)25-11-5-10-24-2)12-26(23)18-21-14-6-3-4-7-16(14)22(18)19/h3-4,6-9H,5,10-12,19H2,1-2H3/t26-/m0/s1. The summed E-state index contributed by atoms with van der Waals surface area (Å²) in [4.78, 5) is 8.75. The Morgan fingerprint density at radius 3 is 2.81 bits per heavy atom. The Balaban J connectivity index is 1.77. The fourth-order valence-electron chi connectivity index (χ4n) is 2.62. The number of hydrogen-bond donors (Lipinski definition) is 1. The number of nitrogen functional groups attached to an aromatic ring is 1. The van der Waals surface area contributed by atoms with Crippen molar-refractivity contribution in [1.82, 2.24) is 14.6 Å². The van der Waals surface area contributed by atoms with Crippen LogP contribution in [0.4, 0.5) is 0 Å². The lowest BCUT2D eigenvalue weighted by Gasteiger charge is -2.11. The van der Waals surface area contributed by atoms with E-state index < -0.39 is 10.8 Å². The van der Waals surface area contributed by atoms with Gasteiger partial charge in [-0.2, -0.15) is 0 Å². The zero-order valence-corrected chi connectivity index (χ0v) is 15.7. The van der Waals surface area contributed by atoms with Gasteiger partial charge in [0.15, 0.2) is 0 Å². The van der Waals surface area contributed by atoms with E-state index in [-0.39, 0.29) is 5.75 Å². The first-order valence-electron chi connectivity index (χ1n) is 8.29. The van der Waals surface area contributed by atoms with Crippen LogP contribution in [0.2, 0.25) is 0 Å². The van der Waals surface area contributed by atoms with Crippen LogP contribution < -0.4 is 10.6 Å². The Kier molecular flexibility index (Phi) is 5.85. The second-order valence-corrected chi connectivity index (χ2v) is 7.16. The number of benzene rings is 1. The average Bonchev–Trinajstić information content (AvgIpc) is 2.99. The molecule has 2 heterocycles. The van der Waals surface area contributed by atoms with Crippen molar-refractivity contribution in [3.05, 3.63) is 47.8 Å². The highest BCUT2D eigenvalue weighted by atomic mass is 32.2. The summed E-state index contributed by atoms with van der Waals surface area (Å²) in [5.74, 6) is 7.02. The van der Waals surface area contributed by atoms with Crippen molar-refractivity contribution >= 4 is 21.8 Å². The van der Waals surface area contributed by atoms with E-state index >= 15 is 0 Å². The van der Waals surface area contributed by atoms with E-state index in [1.807, 2.05) is 37.3 Å². The van der Waals surface area contributed by atoms with Gasteiger partial charge in [0.1, 0.15) is 5.75 Å². The number of aromatic nitrogens is 3. The minimum absolute atomic E-state index is 0.224. The molecule has 0 fully saturated rings. The molecular weight excluding hydrogens is 352 g/mol. The van der Waals surface area contributed by atoms with E-state index in [1.165, 1.54) is 4.68 Å². The summed E-state index contributed by atoms with van der Waals surface area (Å²) in [6.07, 6.45) is 2.47. The molecule has 0 bridgehead atoms. The molecule has 0 unspecified atom stereocenters. The van der Waals surface area contributed by atoms with E-state index in [0.717, 1.165) is 28.8 Å². The van der Waals surface area contributed by atoms with E-state index in [1.54, 1.807) is 13.3 Å². The van der Waals surface area contributed by atoms with Crippen molar-refractivity contribution in [1.29, 1.82) is 0 Å². The van der Waals surface area contributed by atoms with Crippen LogP contribution in [0.25, 0.3) is 11.0 Å². The van der Waals surface area contributed by atoms with Crippen LogP contribution in [0.15, 0.2) is 41.7 Å². The van der Waals surface area contributed by atoms with Gasteiger partial charge >= 0.3 is 0 Å². The number of fused-ring (bicyclic) bond motifs is 1. The van der Waals surface area contributed by atoms with Gasteiger partial charge < -0.3 is 15.3 Å². The maximum atomic E-state index is 12.8. The Bertz CT molecular complexity index is 926. The molecule has 0 aliphatic carbocycles. The Hall–Kier alpha value is -2.45. The monoisotopic (exact) mass is 374 g/mol. The quantitative estimate of drug-likeness (QED) is 0.480. The Labute approximate surface area is 154 Å². The molecule has 138 valence electrons. The lowest BCUT2D eigenvalue weighted by atomic mass is 10.2. The molecule has 8 heteroatoms. The van der Waals surface area contributed by atoms with Crippen molar-refractivity contribution in [2.75, 3.05) is 26.2 Å². The molecule has 2 N–H and O–H groups in total. The summed E-state index contributed by atoms with van der Waals surface area (Å²) in [6.45, 7) is 3.12. The lowest BCUT2D eigenvalue weighted by Crippen LogP contribution is -2.15. The summed E-state index contributed by atoms with van der Waals surface area (Å²) < 4.78 is 25.0. The normalized spacial score (nSPS) is 12.4. The van der Waals surface area contributed by atoms with Gasteiger partial charge in [-0.15, -0.1) is 0 Å². The molecule has 2 aromatic heterocycles.